The van der Waals surface area contributed by atoms with Crippen LogP contribution in [0.5, 0.6) is 0 Å². The summed E-state index contributed by atoms with van der Waals surface area (Å²) in [5, 5.41) is 3.14. The highest BCUT2D eigenvalue weighted by Gasteiger charge is 2.03. The molecule has 0 unspecified atom stereocenters. The number of amidine groups is 1. The van der Waals surface area contributed by atoms with Crippen LogP contribution in [0.3, 0.4) is 0 Å². The van der Waals surface area contributed by atoms with Crippen molar-refractivity contribution >= 4 is 23.2 Å². The van der Waals surface area contributed by atoms with E-state index in [1.165, 1.54) is 0 Å². The molecule has 3 N–H and O–H groups in total. The van der Waals surface area contributed by atoms with E-state index in [4.69, 9.17) is 18.0 Å². The molecule has 96 valence electrons. The number of nitrogens with one attached hydrogen (secondary N) is 1. The van der Waals surface area contributed by atoms with Gasteiger partial charge in [0.25, 0.3) is 0 Å². The van der Waals surface area contributed by atoms with E-state index in [0.717, 1.165) is 11.1 Å². The van der Waals surface area contributed by atoms with Gasteiger partial charge in [0.2, 0.25) is 0 Å². The van der Waals surface area contributed by atoms with Crippen LogP contribution in [0.15, 0.2) is 65.7 Å². The van der Waals surface area contributed by atoms with Gasteiger partial charge in [-0.25, -0.2) is 0 Å². The van der Waals surface area contributed by atoms with Crippen LogP contribution in [-0.4, -0.2) is 10.9 Å². The Morgan fingerprint density at radius 1 is 1.00 bits per heavy atom. The number of hydrogen-bond donors (Lipinski definition) is 2. The van der Waals surface area contributed by atoms with Crippen LogP contribution in [0.4, 0.5) is 0 Å². The molecular formula is C15H15N3S. The van der Waals surface area contributed by atoms with Crippen molar-refractivity contribution in [3.63, 3.8) is 0 Å². The van der Waals surface area contributed by atoms with Crippen molar-refractivity contribution in [2.75, 3.05) is 0 Å². The van der Waals surface area contributed by atoms with Gasteiger partial charge in [0.1, 0.15) is 5.84 Å². The predicted molar refractivity (Wildman–Crippen MR) is 83.0 cm³/mol. The van der Waals surface area contributed by atoms with E-state index in [-0.39, 0.29) is 5.11 Å². The molecule has 0 radical (unpaired) electrons. The molecule has 0 spiro atoms. The average Bonchev–Trinajstić information content (AvgIpc) is 2.45. The van der Waals surface area contributed by atoms with Gasteiger partial charge in [-0.3, -0.25) is 4.99 Å². The standard InChI is InChI=1S/C15H15N3S/c16-15(19)18-14(13-9-5-2-6-10-13)17-11-12-7-3-1-4-8-12/h1-10H,11H2,(H3,16,17,18,19). The van der Waals surface area contributed by atoms with Crippen LogP contribution in [0, 0.1) is 0 Å². The lowest BCUT2D eigenvalue weighted by atomic mass is 10.2. The highest BCUT2D eigenvalue weighted by Crippen LogP contribution is 2.04. The Morgan fingerprint density at radius 2 is 1.58 bits per heavy atom. The number of hydrogen-bond acceptors (Lipinski definition) is 2. The largest absolute Gasteiger partial charge is 0.376 e. The molecule has 2 rings (SSSR count). The minimum atomic E-state index is 0.218. The summed E-state index contributed by atoms with van der Waals surface area (Å²) in [6.45, 7) is 0.584. The Bertz CT molecular complexity index is 564. The van der Waals surface area contributed by atoms with E-state index in [9.17, 15) is 0 Å². The topological polar surface area (TPSA) is 50.4 Å². The fourth-order valence-corrected chi connectivity index (χ4v) is 1.77. The summed E-state index contributed by atoms with van der Waals surface area (Å²) in [6, 6.07) is 19.8. The van der Waals surface area contributed by atoms with Crippen LogP contribution in [0.2, 0.25) is 0 Å². The summed E-state index contributed by atoms with van der Waals surface area (Å²) in [7, 11) is 0. The highest BCUT2D eigenvalue weighted by molar-refractivity contribution is 7.80. The maximum Gasteiger partial charge on any atom is 0.169 e. The maximum atomic E-state index is 5.54. The molecule has 3 nitrogen and oxygen atoms in total. The molecule has 0 amide bonds. The second kappa shape index (κ2) is 6.66. The Labute approximate surface area is 118 Å². The van der Waals surface area contributed by atoms with E-state index in [0.29, 0.717) is 12.4 Å². The average molecular weight is 269 g/mol. The van der Waals surface area contributed by atoms with Crippen molar-refractivity contribution in [1.82, 2.24) is 5.32 Å². The zero-order valence-electron chi connectivity index (χ0n) is 10.4. The Morgan fingerprint density at radius 3 is 2.16 bits per heavy atom. The van der Waals surface area contributed by atoms with Gasteiger partial charge in [0.05, 0.1) is 6.54 Å². The normalized spacial score (nSPS) is 11.1. The minimum Gasteiger partial charge on any atom is -0.376 e. The lowest BCUT2D eigenvalue weighted by Crippen LogP contribution is -2.35. The fraction of sp³-hybridized carbons (Fsp3) is 0.0667. The Balaban J connectivity index is 2.20. The molecule has 0 atom stereocenters. The van der Waals surface area contributed by atoms with Crippen LogP contribution in [-0.2, 0) is 6.54 Å². The summed E-state index contributed by atoms with van der Waals surface area (Å²) < 4.78 is 0. The first-order chi connectivity index (χ1) is 9.25. The number of thiocarbonyl (C=S) groups is 1. The van der Waals surface area contributed by atoms with Crippen molar-refractivity contribution in [3.8, 4) is 0 Å². The van der Waals surface area contributed by atoms with Crippen LogP contribution in [0.25, 0.3) is 0 Å². The zero-order valence-corrected chi connectivity index (χ0v) is 11.2. The van der Waals surface area contributed by atoms with Gasteiger partial charge in [-0.05, 0) is 17.8 Å². The molecule has 0 saturated carbocycles. The summed E-state index contributed by atoms with van der Waals surface area (Å²) in [5.41, 5.74) is 7.64. The third-order valence-corrected chi connectivity index (χ3v) is 2.65. The van der Waals surface area contributed by atoms with Crippen molar-refractivity contribution < 1.29 is 0 Å². The number of benzene rings is 2. The Kier molecular flexibility index (Phi) is 4.64. The smallest absolute Gasteiger partial charge is 0.169 e. The molecule has 0 bridgehead atoms. The van der Waals surface area contributed by atoms with Crippen LogP contribution < -0.4 is 11.1 Å². The SMILES string of the molecule is NC(=S)NC(=NCc1ccccc1)c1ccccc1. The third-order valence-electron chi connectivity index (χ3n) is 2.55. The molecule has 0 aromatic heterocycles. The van der Waals surface area contributed by atoms with Crippen molar-refractivity contribution in [2.24, 2.45) is 10.7 Å². The van der Waals surface area contributed by atoms with Gasteiger partial charge < -0.3 is 11.1 Å². The molecule has 0 aliphatic heterocycles. The van der Waals surface area contributed by atoms with Gasteiger partial charge in [-0.2, -0.15) is 0 Å². The fourth-order valence-electron chi connectivity index (χ4n) is 1.67. The summed E-state index contributed by atoms with van der Waals surface area (Å²) in [6.07, 6.45) is 0. The number of aliphatic imine (C=N–C) groups is 1. The monoisotopic (exact) mass is 269 g/mol. The summed E-state index contributed by atoms with van der Waals surface area (Å²) in [5.74, 6) is 0.692. The first kappa shape index (κ1) is 13.2. The second-order valence-electron chi connectivity index (χ2n) is 4.01. The molecular weight excluding hydrogens is 254 g/mol. The van der Waals surface area contributed by atoms with Crippen LogP contribution >= 0.6 is 12.2 Å². The second-order valence-corrected chi connectivity index (χ2v) is 4.45. The molecule has 0 saturated heterocycles. The molecule has 19 heavy (non-hydrogen) atoms. The van der Waals surface area contributed by atoms with Gasteiger partial charge in [-0.15, -0.1) is 0 Å². The van der Waals surface area contributed by atoms with Crippen molar-refractivity contribution in [3.05, 3.63) is 71.8 Å². The first-order valence-electron chi connectivity index (χ1n) is 5.96. The molecule has 0 aliphatic rings. The molecule has 0 heterocycles. The quantitative estimate of drug-likeness (QED) is 0.511. The molecule has 4 heteroatoms. The van der Waals surface area contributed by atoms with Gasteiger partial charge in [0, 0.05) is 5.56 Å². The lowest BCUT2D eigenvalue weighted by Gasteiger charge is -2.08. The van der Waals surface area contributed by atoms with E-state index in [1.807, 2.05) is 60.7 Å². The van der Waals surface area contributed by atoms with Gasteiger partial charge in [0.15, 0.2) is 5.11 Å². The molecule has 0 aliphatic carbocycles. The van der Waals surface area contributed by atoms with E-state index in [1.54, 1.807) is 0 Å². The zero-order chi connectivity index (χ0) is 13.5. The van der Waals surface area contributed by atoms with E-state index < -0.39 is 0 Å². The van der Waals surface area contributed by atoms with Crippen LogP contribution in [0.1, 0.15) is 11.1 Å². The van der Waals surface area contributed by atoms with Gasteiger partial charge >= 0.3 is 0 Å². The summed E-state index contributed by atoms with van der Waals surface area (Å²) >= 11 is 4.89. The maximum absolute atomic E-state index is 5.54. The molecule has 0 fully saturated rings. The third kappa shape index (κ3) is 4.19. The summed E-state index contributed by atoms with van der Waals surface area (Å²) in [4.78, 5) is 4.54. The number of nitrogens with zero attached hydrogens (tertiary/aromatic N) is 1. The molecule has 2 aromatic rings. The Hall–Kier alpha value is -2.20. The first-order valence-corrected chi connectivity index (χ1v) is 6.37. The lowest BCUT2D eigenvalue weighted by molar-refractivity contribution is 1.05. The predicted octanol–water partition coefficient (Wildman–Crippen LogP) is 2.47. The molecule has 2 aromatic carbocycles. The number of nitrogens with two attached hydrogens (primary N) is 1. The number of rotatable bonds is 3. The van der Waals surface area contributed by atoms with E-state index >= 15 is 0 Å². The highest BCUT2D eigenvalue weighted by atomic mass is 32.1. The van der Waals surface area contributed by atoms with Gasteiger partial charge in [-0.1, -0.05) is 60.7 Å². The van der Waals surface area contributed by atoms with Crippen molar-refractivity contribution in [1.29, 1.82) is 0 Å². The minimum absolute atomic E-state index is 0.218. The van der Waals surface area contributed by atoms with E-state index in [2.05, 4.69) is 10.3 Å². The van der Waals surface area contributed by atoms with Crippen molar-refractivity contribution in [2.45, 2.75) is 6.54 Å².